The van der Waals surface area contributed by atoms with Crippen molar-refractivity contribution in [2.24, 2.45) is 0 Å². The van der Waals surface area contributed by atoms with Crippen molar-refractivity contribution in [1.82, 2.24) is 4.90 Å². The lowest BCUT2D eigenvalue weighted by molar-refractivity contribution is 0.101. The Kier molecular flexibility index (Phi) is 6.06. The van der Waals surface area contributed by atoms with E-state index in [1.165, 1.54) is 45.3 Å². The highest BCUT2D eigenvalue weighted by Gasteiger charge is 2.09. The molecule has 0 saturated carbocycles. The standard InChI is InChI=1S/C17H25NO2/c1-15(19)16-7-9-17(10-8-16)20-14-6-2-3-11-18-12-4-5-13-18/h7-10H,2-6,11-14H2,1H3/p+1. The number of Topliss-reactive ketones (excluding diaryl/α,β-unsaturated/α-hetero) is 1. The Morgan fingerprint density at radius 2 is 1.85 bits per heavy atom. The van der Waals surface area contributed by atoms with Crippen LogP contribution >= 0.6 is 0 Å². The van der Waals surface area contributed by atoms with E-state index in [0.717, 1.165) is 24.3 Å². The normalized spacial score (nSPS) is 15.4. The second kappa shape index (κ2) is 8.05. The van der Waals surface area contributed by atoms with Gasteiger partial charge in [-0.2, -0.15) is 0 Å². The van der Waals surface area contributed by atoms with Crippen LogP contribution in [-0.4, -0.2) is 36.9 Å². The molecule has 1 aliphatic rings. The van der Waals surface area contributed by atoms with E-state index in [4.69, 9.17) is 4.74 Å². The second-order valence-corrected chi connectivity index (χ2v) is 5.54. The molecule has 2 rings (SSSR count). The van der Waals surface area contributed by atoms with Crippen LogP contribution in [0.15, 0.2) is 24.3 Å². The van der Waals surface area contributed by atoms with Crippen molar-refractivity contribution in [1.29, 1.82) is 0 Å². The molecule has 1 aromatic carbocycles. The molecule has 3 nitrogen and oxygen atoms in total. The summed E-state index contributed by atoms with van der Waals surface area (Å²) < 4.78 is 5.69. The van der Waals surface area contributed by atoms with Gasteiger partial charge < -0.3 is 9.64 Å². The number of nitrogens with zero attached hydrogens (tertiary/aromatic N) is 1. The van der Waals surface area contributed by atoms with E-state index < -0.39 is 0 Å². The Labute approximate surface area is 123 Å². The summed E-state index contributed by atoms with van der Waals surface area (Å²) in [5, 5.41) is 0. The maximum Gasteiger partial charge on any atom is 1.00 e. The van der Waals surface area contributed by atoms with Gasteiger partial charge in [0.2, 0.25) is 0 Å². The maximum absolute atomic E-state index is 11.2. The molecule has 110 valence electrons. The summed E-state index contributed by atoms with van der Waals surface area (Å²) in [5.74, 6) is 0.952. The highest BCUT2D eigenvalue weighted by Crippen LogP contribution is 2.13. The molecule has 0 amide bonds. The topological polar surface area (TPSA) is 29.5 Å². The number of unbranched alkanes of at least 4 members (excludes halogenated alkanes) is 2. The van der Waals surface area contributed by atoms with Crippen LogP contribution < -0.4 is 4.74 Å². The van der Waals surface area contributed by atoms with E-state index in [1.807, 2.05) is 24.3 Å². The van der Waals surface area contributed by atoms with Gasteiger partial charge in [-0.3, -0.25) is 4.79 Å². The zero-order valence-corrected chi connectivity index (χ0v) is 12.4. The molecule has 0 atom stereocenters. The molecule has 1 heterocycles. The Hall–Kier alpha value is -1.35. The predicted molar refractivity (Wildman–Crippen MR) is 82.6 cm³/mol. The minimum absolute atomic E-state index is 0. The molecule has 0 aliphatic carbocycles. The second-order valence-electron chi connectivity index (χ2n) is 5.54. The molecule has 0 unspecified atom stereocenters. The first-order valence-electron chi connectivity index (χ1n) is 7.72. The van der Waals surface area contributed by atoms with Crippen molar-refractivity contribution in [2.45, 2.75) is 39.0 Å². The number of carbonyl (C=O) groups excluding carboxylic acids is 1. The molecule has 3 heteroatoms. The number of ketones is 1. The fraction of sp³-hybridized carbons (Fsp3) is 0.588. The van der Waals surface area contributed by atoms with Crippen LogP contribution in [0.2, 0.25) is 0 Å². The molecule has 1 aromatic rings. The quantitative estimate of drug-likeness (QED) is 0.536. The Bertz CT molecular complexity index is 413. The van der Waals surface area contributed by atoms with Gasteiger partial charge in [-0.1, -0.05) is 0 Å². The number of carbonyl (C=O) groups is 1. The zero-order chi connectivity index (χ0) is 14.2. The van der Waals surface area contributed by atoms with Crippen molar-refractivity contribution in [3.05, 3.63) is 29.8 Å². The van der Waals surface area contributed by atoms with Crippen molar-refractivity contribution < 1.29 is 11.0 Å². The van der Waals surface area contributed by atoms with Gasteiger partial charge in [0.15, 0.2) is 5.78 Å². The monoisotopic (exact) mass is 276 g/mol. The lowest BCUT2D eigenvalue weighted by Gasteiger charge is -2.13. The van der Waals surface area contributed by atoms with Crippen molar-refractivity contribution >= 4 is 5.78 Å². The zero-order valence-electron chi connectivity index (χ0n) is 13.4. The molecule has 1 aliphatic heterocycles. The lowest BCUT2D eigenvalue weighted by atomic mass is 10.1. The molecule has 1 fully saturated rings. The van der Waals surface area contributed by atoms with Crippen LogP contribution in [-0.2, 0) is 0 Å². The van der Waals surface area contributed by atoms with E-state index in [2.05, 4.69) is 4.90 Å². The lowest BCUT2D eigenvalue weighted by Crippen LogP contribution is -2.20. The first-order valence-corrected chi connectivity index (χ1v) is 7.72. The van der Waals surface area contributed by atoms with E-state index in [0.29, 0.717) is 0 Å². The van der Waals surface area contributed by atoms with Crippen LogP contribution in [0.3, 0.4) is 0 Å². The van der Waals surface area contributed by atoms with Gasteiger partial charge >= 0.3 is 1.43 Å². The van der Waals surface area contributed by atoms with Crippen LogP contribution in [0.25, 0.3) is 0 Å². The summed E-state index contributed by atoms with van der Waals surface area (Å²) in [6.07, 6.45) is 6.34. The summed E-state index contributed by atoms with van der Waals surface area (Å²) in [4.78, 5) is 13.7. The number of hydrogen-bond donors (Lipinski definition) is 0. The van der Waals surface area contributed by atoms with Gasteiger partial charge in [0.05, 0.1) is 6.61 Å². The number of benzene rings is 1. The van der Waals surface area contributed by atoms with Crippen LogP contribution in [0.1, 0.15) is 50.8 Å². The van der Waals surface area contributed by atoms with Gasteiger partial charge in [-0.05, 0) is 82.9 Å². The van der Waals surface area contributed by atoms with Crippen LogP contribution in [0, 0.1) is 0 Å². The molecule has 0 spiro atoms. The van der Waals surface area contributed by atoms with Gasteiger partial charge in [0.1, 0.15) is 5.75 Å². The van der Waals surface area contributed by atoms with Gasteiger partial charge in [0, 0.05) is 5.56 Å². The number of hydrogen-bond acceptors (Lipinski definition) is 3. The van der Waals surface area contributed by atoms with Gasteiger partial charge in [0.25, 0.3) is 0 Å². The molecule has 20 heavy (non-hydrogen) atoms. The fourth-order valence-electron chi connectivity index (χ4n) is 2.60. The third kappa shape index (κ3) is 4.97. The van der Waals surface area contributed by atoms with Crippen molar-refractivity contribution in [3.63, 3.8) is 0 Å². The maximum atomic E-state index is 11.2. The highest BCUT2D eigenvalue weighted by atomic mass is 16.5. The average Bonchev–Trinajstić information content (AvgIpc) is 2.96. The van der Waals surface area contributed by atoms with Crippen molar-refractivity contribution in [2.75, 3.05) is 26.2 Å². The van der Waals surface area contributed by atoms with Crippen LogP contribution in [0.5, 0.6) is 5.75 Å². The summed E-state index contributed by atoms with van der Waals surface area (Å²) in [7, 11) is 0. The molecular weight excluding hydrogens is 250 g/mol. The summed E-state index contributed by atoms with van der Waals surface area (Å²) >= 11 is 0. The molecule has 0 radical (unpaired) electrons. The van der Waals surface area contributed by atoms with E-state index in [1.54, 1.807) is 6.92 Å². The third-order valence-electron chi connectivity index (χ3n) is 3.85. The fourth-order valence-corrected chi connectivity index (χ4v) is 2.60. The minimum atomic E-state index is 0. The number of likely N-dealkylation sites (tertiary alicyclic amines) is 1. The SMILES string of the molecule is CC(=O)c1ccc(OCCCCCN2CCCC2)cc1.[H+]. The van der Waals surface area contributed by atoms with Gasteiger partial charge in [-0.15, -0.1) is 0 Å². The van der Waals surface area contributed by atoms with E-state index >= 15 is 0 Å². The largest absolute Gasteiger partial charge is 1.00 e. The molecule has 1 saturated heterocycles. The Morgan fingerprint density at radius 3 is 2.50 bits per heavy atom. The summed E-state index contributed by atoms with van der Waals surface area (Å²) in [6.45, 7) is 6.17. The smallest absolute Gasteiger partial charge is 0.494 e. The Morgan fingerprint density at radius 1 is 1.15 bits per heavy atom. The van der Waals surface area contributed by atoms with E-state index in [-0.39, 0.29) is 7.21 Å². The molecule has 0 N–H and O–H groups in total. The number of rotatable bonds is 8. The highest BCUT2D eigenvalue weighted by molar-refractivity contribution is 5.94. The van der Waals surface area contributed by atoms with Gasteiger partial charge in [-0.25, -0.2) is 0 Å². The average molecular weight is 276 g/mol. The molecule has 0 aromatic heterocycles. The number of ether oxygens (including phenoxy) is 1. The Balaban J connectivity index is 0.00000220. The first kappa shape index (κ1) is 15.0. The summed E-state index contributed by atoms with van der Waals surface area (Å²) in [6, 6.07) is 7.40. The molecule has 0 bridgehead atoms. The predicted octanol–water partition coefficient (Wildman–Crippen LogP) is 3.65. The minimum Gasteiger partial charge on any atom is -0.494 e. The third-order valence-corrected chi connectivity index (χ3v) is 3.85. The molecular formula is C17H26NO2+. The van der Waals surface area contributed by atoms with Crippen molar-refractivity contribution in [3.8, 4) is 5.75 Å². The first-order chi connectivity index (χ1) is 9.75. The van der Waals surface area contributed by atoms with E-state index in [9.17, 15) is 4.79 Å². The van der Waals surface area contributed by atoms with Crippen LogP contribution in [0.4, 0.5) is 0 Å². The summed E-state index contributed by atoms with van der Waals surface area (Å²) in [5.41, 5.74) is 0.739.